The maximum Gasteiger partial charge on any atom is 0.141 e. The third-order valence-electron chi connectivity index (χ3n) is 1.12. The Bertz CT molecular complexity index is 170. The maximum absolute atomic E-state index is 5.45. The first-order valence-corrected chi connectivity index (χ1v) is 2.89. The van der Waals surface area contributed by atoms with Crippen molar-refractivity contribution in [3.8, 4) is 0 Å². The van der Waals surface area contributed by atoms with Gasteiger partial charge in [0.05, 0.1) is 0 Å². The van der Waals surface area contributed by atoms with Crippen LogP contribution < -0.4 is 5.59 Å². The van der Waals surface area contributed by atoms with E-state index in [1.807, 2.05) is 26.0 Å². The molecule has 0 fully saturated rings. The zero-order valence-electron chi connectivity index (χ0n) is 5.68. The molecule has 0 aliphatic rings. The van der Waals surface area contributed by atoms with E-state index < -0.39 is 0 Å². The number of nitrogens with zero attached hydrogens (tertiary/aromatic N) is 1. The van der Waals surface area contributed by atoms with Crippen molar-refractivity contribution >= 4 is 13.4 Å². The second kappa shape index (κ2) is 2.22. The largest absolute Gasteiger partial charge is 0.270 e. The van der Waals surface area contributed by atoms with Crippen LogP contribution >= 0.6 is 0 Å². The summed E-state index contributed by atoms with van der Waals surface area (Å²) < 4.78 is 0. The number of hydrogen-bond acceptors (Lipinski definition) is 1. The summed E-state index contributed by atoms with van der Waals surface area (Å²) >= 11 is 0. The maximum atomic E-state index is 5.45. The van der Waals surface area contributed by atoms with Crippen LogP contribution in [0.1, 0.15) is 11.3 Å². The Morgan fingerprint density at radius 2 is 2.00 bits per heavy atom. The average Bonchev–Trinajstić information content (AvgIpc) is 1.59. The highest BCUT2D eigenvalue weighted by Gasteiger charge is 1.88. The highest BCUT2D eigenvalue weighted by molar-refractivity contribution is 6.30. The van der Waals surface area contributed by atoms with E-state index in [1.165, 1.54) is 5.56 Å². The molecule has 0 N–H and O–H groups in total. The summed E-state index contributed by atoms with van der Waals surface area (Å²) in [6, 6.07) is 3.85. The zero-order valence-corrected chi connectivity index (χ0v) is 5.68. The minimum absolute atomic E-state index is 0.604. The fourth-order valence-corrected chi connectivity index (χ4v) is 0.873. The van der Waals surface area contributed by atoms with Crippen molar-refractivity contribution in [2.75, 3.05) is 0 Å². The van der Waals surface area contributed by atoms with Crippen molar-refractivity contribution in [2.24, 2.45) is 0 Å². The SMILES string of the molecule is [B]c1cc(C)cc(C)n1. The molecule has 1 heterocycles. The van der Waals surface area contributed by atoms with Gasteiger partial charge in [-0.1, -0.05) is 0 Å². The molecule has 2 radical (unpaired) electrons. The van der Waals surface area contributed by atoms with Gasteiger partial charge >= 0.3 is 0 Å². The molecule has 0 aliphatic heterocycles. The molecule has 9 heavy (non-hydrogen) atoms. The Hall–Kier alpha value is -0.785. The van der Waals surface area contributed by atoms with Crippen LogP contribution in [0.2, 0.25) is 0 Å². The lowest BCUT2D eigenvalue weighted by Crippen LogP contribution is -2.08. The Kier molecular flexibility index (Phi) is 1.56. The van der Waals surface area contributed by atoms with Gasteiger partial charge in [-0.15, -0.1) is 0 Å². The summed E-state index contributed by atoms with van der Waals surface area (Å²) in [6.45, 7) is 3.94. The first kappa shape index (κ1) is 6.34. The molecule has 2 heteroatoms. The van der Waals surface area contributed by atoms with E-state index in [0.29, 0.717) is 5.59 Å². The van der Waals surface area contributed by atoms with Crippen molar-refractivity contribution in [1.82, 2.24) is 4.98 Å². The molecule has 0 atom stereocenters. The monoisotopic (exact) mass is 117 g/mol. The summed E-state index contributed by atoms with van der Waals surface area (Å²) in [5, 5.41) is 0. The van der Waals surface area contributed by atoms with Crippen LogP contribution in [-0.2, 0) is 0 Å². The summed E-state index contributed by atoms with van der Waals surface area (Å²) in [5.41, 5.74) is 2.75. The van der Waals surface area contributed by atoms with E-state index in [1.54, 1.807) is 0 Å². The van der Waals surface area contributed by atoms with Gasteiger partial charge in [-0.25, -0.2) is 0 Å². The van der Waals surface area contributed by atoms with Gasteiger partial charge in [0, 0.05) is 5.69 Å². The number of rotatable bonds is 0. The van der Waals surface area contributed by atoms with E-state index in [9.17, 15) is 0 Å². The lowest BCUT2D eigenvalue weighted by atomic mass is 10.0. The molecule has 0 saturated carbocycles. The molecule has 44 valence electrons. The van der Waals surface area contributed by atoms with Crippen molar-refractivity contribution in [3.05, 3.63) is 23.4 Å². The van der Waals surface area contributed by atoms with Crippen molar-refractivity contribution < 1.29 is 0 Å². The van der Waals surface area contributed by atoms with Gasteiger partial charge in [-0.2, -0.15) is 0 Å². The van der Waals surface area contributed by atoms with E-state index in [-0.39, 0.29) is 0 Å². The predicted octanol–water partition coefficient (Wildman–Crippen LogP) is 0.492. The van der Waals surface area contributed by atoms with Gasteiger partial charge in [-0.05, 0) is 37.1 Å². The lowest BCUT2D eigenvalue weighted by molar-refractivity contribution is 1.21. The number of aryl methyl sites for hydroxylation is 2. The van der Waals surface area contributed by atoms with Gasteiger partial charge in [0.1, 0.15) is 7.85 Å². The minimum atomic E-state index is 0.604. The smallest absolute Gasteiger partial charge is 0.141 e. The fraction of sp³-hybridized carbons (Fsp3) is 0.286. The molecule has 0 aromatic carbocycles. The standard InChI is InChI=1S/C7H8BN/c1-5-3-6(2)9-7(8)4-5/h3-4H,1-2H3. The van der Waals surface area contributed by atoms with Crippen LogP contribution in [0, 0.1) is 13.8 Å². The molecule has 1 aromatic heterocycles. The summed E-state index contributed by atoms with van der Waals surface area (Å²) in [6.07, 6.45) is 0. The van der Waals surface area contributed by atoms with Crippen LogP contribution in [0.15, 0.2) is 12.1 Å². The van der Waals surface area contributed by atoms with Gasteiger partial charge in [0.25, 0.3) is 0 Å². The Labute approximate surface area is 56.5 Å². The van der Waals surface area contributed by atoms with Crippen molar-refractivity contribution in [3.63, 3.8) is 0 Å². The van der Waals surface area contributed by atoms with Crippen LogP contribution in [0.5, 0.6) is 0 Å². The lowest BCUT2D eigenvalue weighted by Gasteiger charge is -1.96. The number of hydrogen-bond donors (Lipinski definition) is 0. The molecule has 0 unspecified atom stereocenters. The molecule has 0 spiro atoms. The third kappa shape index (κ3) is 1.56. The highest BCUT2D eigenvalue weighted by atomic mass is 14.7. The first-order chi connectivity index (χ1) is 4.18. The summed E-state index contributed by atoms with van der Waals surface area (Å²) in [4.78, 5) is 4.01. The van der Waals surface area contributed by atoms with E-state index in [4.69, 9.17) is 7.85 Å². The Balaban J connectivity index is 3.17. The van der Waals surface area contributed by atoms with E-state index in [0.717, 1.165) is 5.69 Å². The van der Waals surface area contributed by atoms with E-state index in [2.05, 4.69) is 4.98 Å². The highest BCUT2D eigenvalue weighted by Crippen LogP contribution is 1.94. The topological polar surface area (TPSA) is 12.9 Å². The zero-order chi connectivity index (χ0) is 6.85. The quantitative estimate of drug-likeness (QED) is 0.450. The molecule has 0 aliphatic carbocycles. The minimum Gasteiger partial charge on any atom is -0.270 e. The van der Waals surface area contributed by atoms with Gasteiger partial charge in [0.15, 0.2) is 0 Å². The second-order valence-electron chi connectivity index (χ2n) is 2.21. The predicted molar refractivity (Wildman–Crippen MR) is 39.1 cm³/mol. The van der Waals surface area contributed by atoms with Crippen LogP contribution in [0.4, 0.5) is 0 Å². The molecular formula is C7H8BN. The molecule has 0 bridgehead atoms. The molecule has 0 amide bonds. The van der Waals surface area contributed by atoms with Gasteiger partial charge in [-0.3, -0.25) is 4.98 Å². The van der Waals surface area contributed by atoms with Crippen LogP contribution in [-0.4, -0.2) is 12.8 Å². The Morgan fingerprint density at radius 3 is 2.44 bits per heavy atom. The summed E-state index contributed by atoms with van der Waals surface area (Å²) in [5.74, 6) is 0. The van der Waals surface area contributed by atoms with Gasteiger partial charge in [0.2, 0.25) is 0 Å². The van der Waals surface area contributed by atoms with Crippen molar-refractivity contribution in [2.45, 2.75) is 13.8 Å². The van der Waals surface area contributed by atoms with Crippen LogP contribution in [0.3, 0.4) is 0 Å². The number of pyridine rings is 1. The normalized spacial score (nSPS) is 9.56. The van der Waals surface area contributed by atoms with Crippen molar-refractivity contribution in [1.29, 1.82) is 0 Å². The fourth-order valence-electron chi connectivity index (χ4n) is 0.873. The molecular weight excluding hydrogens is 109 g/mol. The number of aromatic nitrogens is 1. The molecule has 0 saturated heterocycles. The first-order valence-electron chi connectivity index (χ1n) is 2.89. The van der Waals surface area contributed by atoms with E-state index >= 15 is 0 Å². The molecule has 1 nitrogen and oxygen atoms in total. The molecule has 1 rings (SSSR count). The van der Waals surface area contributed by atoms with Gasteiger partial charge < -0.3 is 0 Å². The third-order valence-corrected chi connectivity index (χ3v) is 1.12. The Morgan fingerprint density at radius 1 is 1.33 bits per heavy atom. The average molecular weight is 117 g/mol. The second-order valence-corrected chi connectivity index (χ2v) is 2.21. The summed E-state index contributed by atoms with van der Waals surface area (Å²) in [7, 11) is 5.45. The van der Waals surface area contributed by atoms with Crippen LogP contribution in [0.25, 0.3) is 0 Å². The molecule has 1 aromatic rings.